The van der Waals surface area contributed by atoms with Crippen LogP contribution in [0.15, 0.2) is 42.5 Å². The monoisotopic (exact) mass is 374 g/mol. The van der Waals surface area contributed by atoms with Crippen molar-refractivity contribution in [3.8, 4) is 0 Å². The number of rotatable bonds is 4. The Kier molecular flexibility index (Phi) is 5.52. The van der Waals surface area contributed by atoms with Gasteiger partial charge in [-0.05, 0) is 85.4 Å². The van der Waals surface area contributed by atoms with Gasteiger partial charge in [0, 0.05) is 30.5 Å². The number of benzene rings is 2. The molecule has 2 aromatic rings. The van der Waals surface area contributed by atoms with E-state index in [1.807, 2.05) is 18.2 Å². The summed E-state index contributed by atoms with van der Waals surface area (Å²) >= 11 is 0. The molecule has 3 heteroatoms. The second-order valence-corrected chi connectivity index (χ2v) is 8.39. The standard InChI is InChI=1S/C25H30N2O/c1-18-9-10-20(24(17-18)27-13-4-3-5-14-27)11-12-25(28)26-23-8-6-7-21-15-19(2)16-22(21)23/h6-12,17,19H,3-5,13-16H2,1-2H3,(H,26,28)/b12-11+/t19-/m1/s1. The molecule has 0 radical (unpaired) electrons. The lowest BCUT2D eigenvalue weighted by Crippen LogP contribution is -2.30. The van der Waals surface area contributed by atoms with Crippen LogP contribution in [-0.4, -0.2) is 19.0 Å². The van der Waals surface area contributed by atoms with E-state index in [2.05, 4.69) is 48.3 Å². The third-order valence-corrected chi connectivity index (χ3v) is 5.95. The van der Waals surface area contributed by atoms with E-state index in [4.69, 9.17) is 0 Å². The predicted molar refractivity (Wildman–Crippen MR) is 118 cm³/mol. The fourth-order valence-corrected chi connectivity index (χ4v) is 4.52. The molecule has 0 saturated carbocycles. The summed E-state index contributed by atoms with van der Waals surface area (Å²) < 4.78 is 0. The fourth-order valence-electron chi connectivity index (χ4n) is 4.52. The van der Waals surface area contributed by atoms with Crippen LogP contribution in [0, 0.1) is 12.8 Å². The second-order valence-electron chi connectivity index (χ2n) is 8.39. The SMILES string of the molecule is Cc1ccc(/C=C/C(=O)Nc2cccc3c2C[C@H](C)C3)c(N2CCCCC2)c1. The molecule has 0 unspecified atom stereocenters. The van der Waals surface area contributed by atoms with Gasteiger partial charge in [0.1, 0.15) is 0 Å². The fraction of sp³-hybridized carbons (Fsp3) is 0.400. The number of hydrogen-bond donors (Lipinski definition) is 1. The smallest absolute Gasteiger partial charge is 0.248 e. The topological polar surface area (TPSA) is 32.3 Å². The van der Waals surface area contributed by atoms with Gasteiger partial charge in [0.05, 0.1) is 0 Å². The molecule has 1 N–H and O–H groups in total. The molecule has 3 nitrogen and oxygen atoms in total. The molecule has 2 aromatic carbocycles. The molecular formula is C25H30N2O. The minimum Gasteiger partial charge on any atom is -0.371 e. The van der Waals surface area contributed by atoms with Crippen LogP contribution < -0.4 is 10.2 Å². The summed E-state index contributed by atoms with van der Waals surface area (Å²) in [6.07, 6.45) is 9.60. The highest BCUT2D eigenvalue weighted by molar-refractivity contribution is 6.03. The molecule has 0 bridgehead atoms. The Morgan fingerprint density at radius 2 is 1.93 bits per heavy atom. The van der Waals surface area contributed by atoms with Crippen molar-refractivity contribution in [2.75, 3.05) is 23.3 Å². The molecule has 2 aliphatic rings. The third kappa shape index (κ3) is 4.14. The number of amides is 1. The Morgan fingerprint density at radius 3 is 2.75 bits per heavy atom. The number of carbonyl (C=O) groups excluding carboxylic acids is 1. The van der Waals surface area contributed by atoms with Gasteiger partial charge >= 0.3 is 0 Å². The Balaban J connectivity index is 1.51. The van der Waals surface area contributed by atoms with Gasteiger partial charge in [0.15, 0.2) is 0 Å². The van der Waals surface area contributed by atoms with Crippen LogP contribution in [0.25, 0.3) is 6.08 Å². The molecule has 1 atom stereocenters. The lowest BCUT2D eigenvalue weighted by Gasteiger charge is -2.30. The first-order chi connectivity index (χ1) is 13.6. The minimum absolute atomic E-state index is 0.0573. The Bertz CT molecular complexity index is 893. The maximum atomic E-state index is 12.6. The van der Waals surface area contributed by atoms with Gasteiger partial charge in [0.25, 0.3) is 0 Å². The van der Waals surface area contributed by atoms with Crippen molar-refractivity contribution < 1.29 is 4.79 Å². The molecule has 1 heterocycles. The molecule has 0 spiro atoms. The van der Waals surface area contributed by atoms with Crippen LogP contribution in [0.5, 0.6) is 0 Å². The number of nitrogens with one attached hydrogen (secondary N) is 1. The first kappa shape index (κ1) is 18.8. The molecule has 146 valence electrons. The summed E-state index contributed by atoms with van der Waals surface area (Å²) in [5, 5.41) is 3.10. The van der Waals surface area contributed by atoms with Gasteiger partial charge in [-0.1, -0.05) is 31.2 Å². The van der Waals surface area contributed by atoms with Crippen LogP contribution in [-0.2, 0) is 17.6 Å². The largest absolute Gasteiger partial charge is 0.371 e. The quantitative estimate of drug-likeness (QED) is 0.730. The first-order valence-corrected chi connectivity index (χ1v) is 10.6. The third-order valence-electron chi connectivity index (χ3n) is 5.95. The second kappa shape index (κ2) is 8.22. The molecule has 1 amide bonds. The molecular weight excluding hydrogens is 344 g/mol. The average Bonchev–Trinajstić information content (AvgIpc) is 3.09. The summed E-state index contributed by atoms with van der Waals surface area (Å²) in [7, 11) is 0. The van der Waals surface area contributed by atoms with E-state index in [1.54, 1.807) is 6.08 Å². The highest BCUT2D eigenvalue weighted by Crippen LogP contribution is 2.32. The van der Waals surface area contributed by atoms with Gasteiger partial charge in [-0.15, -0.1) is 0 Å². The van der Waals surface area contributed by atoms with Crippen LogP contribution in [0.3, 0.4) is 0 Å². The zero-order chi connectivity index (χ0) is 19.5. The number of piperidine rings is 1. The number of anilines is 2. The van der Waals surface area contributed by atoms with E-state index in [1.165, 1.54) is 41.6 Å². The highest BCUT2D eigenvalue weighted by atomic mass is 16.1. The van der Waals surface area contributed by atoms with Crippen molar-refractivity contribution in [1.29, 1.82) is 0 Å². The summed E-state index contributed by atoms with van der Waals surface area (Å²) in [5.41, 5.74) is 7.28. The van der Waals surface area contributed by atoms with E-state index in [0.29, 0.717) is 5.92 Å². The maximum Gasteiger partial charge on any atom is 0.248 e. The summed E-state index contributed by atoms with van der Waals surface area (Å²) in [6, 6.07) is 12.7. The van der Waals surface area contributed by atoms with E-state index < -0.39 is 0 Å². The normalized spacial score (nSPS) is 19.1. The van der Waals surface area contributed by atoms with Crippen molar-refractivity contribution in [1.82, 2.24) is 0 Å². The van der Waals surface area contributed by atoms with E-state index in [-0.39, 0.29) is 5.91 Å². The van der Waals surface area contributed by atoms with E-state index >= 15 is 0 Å². The Morgan fingerprint density at radius 1 is 1.11 bits per heavy atom. The van der Waals surface area contributed by atoms with Crippen LogP contribution in [0.2, 0.25) is 0 Å². The number of aryl methyl sites for hydroxylation is 1. The van der Waals surface area contributed by atoms with E-state index in [0.717, 1.165) is 37.2 Å². The minimum atomic E-state index is -0.0573. The summed E-state index contributed by atoms with van der Waals surface area (Å²) in [4.78, 5) is 15.1. The van der Waals surface area contributed by atoms with Crippen LogP contribution >= 0.6 is 0 Å². The lowest BCUT2D eigenvalue weighted by atomic mass is 10.0. The van der Waals surface area contributed by atoms with Crippen LogP contribution in [0.4, 0.5) is 11.4 Å². The van der Waals surface area contributed by atoms with Crippen molar-refractivity contribution in [3.63, 3.8) is 0 Å². The Labute approximate surface area is 168 Å². The zero-order valence-electron chi connectivity index (χ0n) is 17.0. The number of carbonyl (C=O) groups is 1. The van der Waals surface area contributed by atoms with Crippen molar-refractivity contribution in [2.45, 2.75) is 46.0 Å². The van der Waals surface area contributed by atoms with Gasteiger partial charge in [0.2, 0.25) is 5.91 Å². The molecule has 1 saturated heterocycles. The average molecular weight is 375 g/mol. The Hall–Kier alpha value is -2.55. The number of fused-ring (bicyclic) bond motifs is 1. The number of hydrogen-bond acceptors (Lipinski definition) is 2. The zero-order valence-corrected chi connectivity index (χ0v) is 17.0. The van der Waals surface area contributed by atoms with Crippen molar-refractivity contribution in [3.05, 3.63) is 64.7 Å². The molecule has 1 fully saturated rings. The first-order valence-electron chi connectivity index (χ1n) is 10.6. The molecule has 28 heavy (non-hydrogen) atoms. The van der Waals surface area contributed by atoms with Crippen molar-refractivity contribution in [2.24, 2.45) is 5.92 Å². The molecule has 4 rings (SSSR count). The summed E-state index contributed by atoms with van der Waals surface area (Å²) in [6.45, 7) is 6.60. The number of nitrogens with zero attached hydrogens (tertiary/aromatic N) is 1. The highest BCUT2D eigenvalue weighted by Gasteiger charge is 2.20. The van der Waals surface area contributed by atoms with Crippen molar-refractivity contribution >= 4 is 23.4 Å². The van der Waals surface area contributed by atoms with E-state index in [9.17, 15) is 4.79 Å². The lowest BCUT2D eigenvalue weighted by molar-refractivity contribution is -0.111. The van der Waals surface area contributed by atoms with Gasteiger partial charge in [-0.25, -0.2) is 0 Å². The van der Waals surface area contributed by atoms with Gasteiger partial charge in [-0.3, -0.25) is 4.79 Å². The van der Waals surface area contributed by atoms with Crippen LogP contribution in [0.1, 0.15) is 48.4 Å². The van der Waals surface area contributed by atoms with Gasteiger partial charge in [-0.2, -0.15) is 0 Å². The van der Waals surface area contributed by atoms with Gasteiger partial charge < -0.3 is 10.2 Å². The molecule has 1 aliphatic carbocycles. The molecule has 1 aliphatic heterocycles. The summed E-state index contributed by atoms with van der Waals surface area (Å²) in [5.74, 6) is 0.598. The predicted octanol–water partition coefficient (Wildman–Crippen LogP) is 5.37. The molecule has 0 aromatic heterocycles. The maximum absolute atomic E-state index is 12.6.